The van der Waals surface area contributed by atoms with Gasteiger partial charge in [-0.2, -0.15) is 5.10 Å². The van der Waals surface area contributed by atoms with E-state index in [2.05, 4.69) is 5.10 Å². The molecule has 2 aromatic rings. The lowest BCUT2D eigenvalue weighted by Crippen LogP contribution is -2.25. The predicted octanol–water partition coefficient (Wildman–Crippen LogP) is 1.56. The van der Waals surface area contributed by atoms with E-state index in [1.165, 1.54) is 17.7 Å². The number of hydrogen-bond donors (Lipinski definition) is 0. The van der Waals surface area contributed by atoms with Gasteiger partial charge in [0, 0.05) is 6.07 Å². The van der Waals surface area contributed by atoms with Gasteiger partial charge in [-0.3, -0.25) is 9.59 Å². The molecule has 2 heterocycles. The van der Waals surface area contributed by atoms with Crippen molar-refractivity contribution in [2.45, 2.75) is 13.5 Å². The Hall–Kier alpha value is -1.75. The molecule has 0 aliphatic rings. The topological polar surface area (TPSA) is 52.0 Å². The number of rotatable bonds is 3. The Balaban J connectivity index is 2.43. The van der Waals surface area contributed by atoms with E-state index in [1.807, 2.05) is 17.5 Å². The largest absolute Gasteiger partial charge is 0.298 e. The highest BCUT2D eigenvalue weighted by molar-refractivity contribution is 7.13. The monoisotopic (exact) mass is 234 g/mol. The van der Waals surface area contributed by atoms with Crippen LogP contribution in [-0.4, -0.2) is 15.6 Å². The Kier molecular flexibility index (Phi) is 2.96. The van der Waals surface area contributed by atoms with Gasteiger partial charge < -0.3 is 0 Å². The zero-order chi connectivity index (χ0) is 11.5. The molecule has 82 valence electrons. The van der Waals surface area contributed by atoms with Crippen molar-refractivity contribution in [2.24, 2.45) is 0 Å². The molecule has 0 spiro atoms. The van der Waals surface area contributed by atoms with Crippen LogP contribution in [0.15, 0.2) is 34.4 Å². The molecular formula is C11H10N2O2S. The first kappa shape index (κ1) is 10.8. The zero-order valence-corrected chi connectivity index (χ0v) is 9.53. The number of nitrogens with zero attached hydrogens (tertiary/aromatic N) is 2. The molecule has 16 heavy (non-hydrogen) atoms. The molecule has 5 heteroatoms. The third-order valence-corrected chi connectivity index (χ3v) is 2.91. The van der Waals surface area contributed by atoms with Gasteiger partial charge in [0.05, 0.1) is 4.88 Å². The van der Waals surface area contributed by atoms with Gasteiger partial charge in [-0.25, -0.2) is 4.68 Å². The maximum atomic E-state index is 11.4. The van der Waals surface area contributed by atoms with E-state index in [1.54, 1.807) is 17.4 Å². The molecule has 4 nitrogen and oxygen atoms in total. The van der Waals surface area contributed by atoms with Crippen molar-refractivity contribution in [3.63, 3.8) is 0 Å². The van der Waals surface area contributed by atoms with E-state index in [9.17, 15) is 9.59 Å². The first-order valence-electron chi connectivity index (χ1n) is 4.78. The van der Waals surface area contributed by atoms with E-state index in [0.717, 1.165) is 10.6 Å². The highest BCUT2D eigenvalue weighted by Crippen LogP contribution is 2.20. The van der Waals surface area contributed by atoms with E-state index in [-0.39, 0.29) is 17.9 Å². The third-order valence-electron chi connectivity index (χ3n) is 2.01. The molecule has 0 fully saturated rings. The van der Waals surface area contributed by atoms with Crippen LogP contribution in [0.1, 0.15) is 6.92 Å². The molecule has 0 aliphatic carbocycles. The molecule has 0 radical (unpaired) electrons. The van der Waals surface area contributed by atoms with Crippen molar-refractivity contribution in [1.82, 2.24) is 9.78 Å². The summed E-state index contributed by atoms with van der Waals surface area (Å²) in [5, 5.41) is 6.09. The van der Waals surface area contributed by atoms with Gasteiger partial charge in [-0.1, -0.05) is 6.07 Å². The molecule has 0 saturated carbocycles. The number of hydrogen-bond acceptors (Lipinski definition) is 4. The second kappa shape index (κ2) is 4.40. The van der Waals surface area contributed by atoms with Crippen molar-refractivity contribution < 1.29 is 4.79 Å². The second-order valence-electron chi connectivity index (χ2n) is 3.39. The number of ketones is 1. The Morgan fingerprint density at radius 1 is 1.44 bits per heavy atom. The maximum Gasteiger partial charge on any atom is 0.267 e. The molecule has 0 aliphatic heterocycles. The van der Waals surface area contributed by atoms with Crippen molar-refractivity contribution in [3.8, 4) is 10.6 Å². The minimum absolute atomic E-state index is 0.0258. The van der Waals surface area contributed by atoms with Gasteiger partial charge in [0.1, 0.15) is 12.2 Å². The van der Waals surface area contributed by atoms with E-state index in [0.29, 0.717) is 0 Å². The summed E-state index contributed by atoms with van der Waals surface area (Å²) in [4.78, 5) is 23.4. The Bertz CT molecular complexity index is 558. The molecule has 0 aromatic carbocycles. The molecule has 0 amide bonds. The van der Waals surface area contributed by atoms with Crippen molar-refractivity contribution >= 4 is 17.1 Å². The van der Waals surface area contributed by atoms with Crippen LogP contribution in [0, 0.1) is 0 Å². The smallest absolute Gasteiger partial charge is 0.267 e. The van der Waals surface area contributed by atoms with Gasteiger partial charge in [0.15, 0.2) is 5.78 Å². The summed E-state index contributed by atoms with van der Waals surface area (Å²) in [6.07, 6.45) is 0. The van der Waals surface area contributed by atoms with Gasteiger partial charge in [0.25, 0.3) is 5.56 Å². The van der Waals surface area contributed by atoms with E-state index in [4.69, 9.17) is 0 Å². The van der Waals surface area contributed by atoms with E-state index >= 15 is 0 Å². The van der Waals surface area contributed by atoms with Gasteiger partial charge in [-0.15, -0.1) is 11.3 Å². The Morgan fingerprint density at radius 3 is 2.88 bits per heavy atom. The van der Waals surface area contributed by atoms with Crippen LogP contribution in [-0.2, 0) is 11.3 Å². The highest BCUT2D eigenvalue weighted by atomic mass is 32.1. The Labute approximate surface area is 96.2 Å². The number of carbonyl (C=O) groups excluding carboxylic acids is 1. The van der Waals surface area contributed by atoms with Crippen LogP contribution in [0.4, 0.5) is 0 Å². The minimum Gasteiger partial charge on any atom is -0.298 e. The lowest BCUT2D eigenvalue weighted by atomic mass is 10.3. The third kappa shape index (κ3) is 2.25. The summed E-state index contributed by atoms with van der Waals surface area (Å²) in [6.45, 7) is 1.46. The van der Waals surface area contributed by atoms with Crippen LogP contribution in [0.2, 0.25) is 0 Å². The van der Waals surface area contributed by atoms with Crippen LogP contribution in [0.5, 0.6) is 0 Å². The summed E-state index contributed by atoms with van der Waals surface area (Å²) in [7, 11) is 0. The van der Waals surface area contributed by atoms with Gasteiger partial charge in [-0.05, 0) is 24.4 Å². The molecule has 0 N–H and O–H groups in total. The lowest BCUT2D eigenvalue weighted by Gasteiger charge is -2.03. The number of Topliss-reactive ketones (excluding diaryl/α,β-unsaturated/α-hetero) is 1. The quantitative estimate of drug-likeness (QED) is 0.809. The van der Waals surface area contributed by atoms with Crippen LogP contribution in [0.3, 0.4) is 0 Å². The first-order valence-corrected chi connectivity index (χ1v) is 5.66. The summed E-state index contributed by atoms with van der Waals surface area (Å²) in [5.74, 6) is -0.0853. The van der Waals surface area contributed by atoms with Crippen molar-refractivity contribution in [1.29, 1.82) is 0 Å². The van der Waals surface area contributed by atoms with Crippen molar-refractivity contribution in [3.05, 3.63) is 40.0 Å². The number of aromatic nitrogens is 2. The summed E-state index contributed by atoms with van der Waals surface area (Å²) in [6, 6.07) is 6.95. The normalized spacial score (nSPS) is 10.3. The van der Waals surface area contributed by atoms with Gasteiger partial charge >= 0.3 is 0 Å². The average molecular weight is 234 g/mol. The van der Waals surface area contributed by atoms with Gasteiger partial charge in [0.2, 0.25) is 0 Å². The molecule has 0 unspecified atom stereocenters. The molecule has 0 atom stereocenters. The molecule has 2 rings (SSSR count). The first-order chi connectivity index (χ1) is 7.66. The van der Waals surface area contributed by atoms with Crippen LogP contribution in [0.25, 0.3) is 10.6 Å². The van der Waals surface area contributed by atoms with Crippen LogP contribution < -0.4 is 5.56 Å². The number of thiophene rings is 1. The minimum atomic E-state index is -0.254. The average Bonchev–Trinajstić information content (AvgIpc) is 2.73. The number of carbonyl (C=O) groups is 1. The lowest BCUT2D eigenvalue weighted by molar-refractivity contribution is -0.117. The van der Waals surface area contributed by atoms with E-state index < -0.39 is 0 Å². The predicted molar refractivity (Wildman–Crippen MR) is 62.5 cm³/mol. The highest BCUT2D eigenvalue weighted by Gasteiger charge is 2.05. The Morgan fingerprint density at radius 2 is 2.25 bits per heavy atom. The molecule has 0 bridgehead atoms. The molecular weight excluding hydrogens is 224 g/mol. The molecule has 0 saturated heterocycles. The fraction of sp³-hybridized carbons (Fsp3) is 0.182. The summed E-state index contributed by atoms with van der Waals surface area (Å²) >= 11 is 1.55. The fourth-order valence-corrected chi connectivity index (χ4v) is 2.02. The molecule has 2 aromatic heterocycles. The standard InChI is InChI=1S/C11H10N2O2S/c1-8(14)7-13-11(15)5-4-9(12-13)10-3-2-6-16-10/h2-6H,7H2,1H3. The summed E-state index contributed by atoms with van der Waals surface area (Å²) < 4.78 is 1.19. The zero-order valence-electron chi connectivity index (χ0n) is 8.71. The SMILES string of the molecule is CC(=O)Cn1nc(-c2cccs2)ccc1=O. The van der Waals surface area contributed by atoms with Crippen LogP contribution >= 0.6 is 11.3 Å². The summed E-state index contributed by atoms with van der Waals surface area (Å²) in [5.41, 5.74) is 0.464. The maximum absolute atomic E-state index is 11.4. The van der Waals surface area contributed by atoms with Crippen molar-refractivity contribution in [2.75, 3.05) is 0 Å². The second-order valence-corrected chi connectivity index (χ2v) is 4.34. The fourth-order valence-electron chi connectivity index (χ4n) is 1.33.